The average molecular weight is 663 g/mol. The minimum absolute atomic E-state index is 0.00587. The van der Waals surface area contributed by atoms with Crippen molar-refractivity contribution < 1.29 is 28.5 Å². The lowest BCUT2D eigenvalue weighted by Crippen LogP contribution is -2.18. The molecule has 2 aliphatic rings. The van der Waals surface area contributed by atoms with Gasteiger partial charge in [0.2, 0.25) is 0 Å². The zero-order chi connectivity index (χ0) is 32.1. The Morgan fingerprint density at radius 3 is 1.61 bits per heavy atom. The largest absolute Gasteiger partial charge is 0.462 e. The molecule has 0 amide bonds. The molecule has 2 atom stereocenters. The summed E-state index contributed by atoms with van der Waals surface area (Å²) in [5.74, 6) is 11.1. The van der Waals surface area contributed by atoms with Crippen molar-refractivity contribution in [3.05, 3.63) is 68.1 Å². The van der Waals surface area contributed by atoms with Gasteiger partial charge in [0.15, 0.2) is 0 Å². The van der Waals surface area contributed by atoms with Gasteiger partial charge in [-0.3, -0.25) is 0 Å². The summed E-state index contributed by atoms with van der Waals surface area (Å²) in [6.45, 7) is 5.74. The predicted octanol–water partition coefficient (Wildman–Crippen LogP) is 5.23. The number of ether oxygens (including phenoxy) is 4. The van der Waals surface area contributed by atoms with Crippen LogP contribution in [0.25, 0.3) is 0 Å². The van der Waals surface area contributed by atoms with E-state index in [9.17, 15) is 9.59 Å². The second-order valence-electron chi connectivity index (χ2n) is 10.1. The maximum atomic E-state index is 11.8. The van der Waals surface area contributed by atoms with Crippen LogP contribution >= 0.6 is 22.7 Å². The summed E-state index contributed by atoms with van der Waals surface area (Å²) < 4.78 is 25.0. The Bertz CT molecular complexity index is 1600. The fourth-order valence-corrected chi connectivity index (χ4v) is 5.87. The third-order valence-electron chi connectivity index (χ3n) is 6.81. The highest BCUT2D eigenvalue weighted by atomic mass is 32.1. The average Bonchev–Trinajstić information content (AvgIpc) is 3.91. The highest BCUT2D eigenvalue weighted by Gasteiger charge is 2.18. The lowest BCUT2D eigenvalue weighted by atomic mass is 10.2. The number of hydrogen-bond donors (Lipinski definition) is 0. The number of carbonyl (C=O) groups excluding carboxylic acids is 2. The molecule has 6 heterocycles. The molecule has 0 aliphatic carbocycles. The first kappa shape index (κ1) is 33.0. The van der Waals surface area contributed by atoms with Crippen LogP contribution in [0.15, 0.2) is 35.8 Å². The first-order chi connectivity index (χ1) is 22.6. The molecule has 14 heteroatoms. The molecule has 240 valence electrons. The van der Waals surface area contributed by atoms with Crippen molar-refractivity contribution in [1.29, 1.82) is 0 Å². The van der Waals surface area contributed by atoms with Crippen molar-refractivity contribution in [2.24, 2.45) is 0 Å². The molecule has 4 aromatic heterocycles. The Morgan fingerprint density at radius 2 is 1.22 bits per heavy atom. The summed E-state index contributed by atoms with van der Waals surface area (Å²) in [5.41, 5.74) is 5.60. The van der Waals surface area contributed by atoms with E-state index in [4.69, 9.17) is 18.9 Å². The van der Waals surface area contributed by atoms with Gasteiger partial charge < -0.3 is 18.9 Å². The first-order valence-electron chi connectivity index (χ1n) is 15.1. The van der Waals surface area contributed by atoms with Gasteiger partial charge in [0.1, 0.15) is 33.6 Å². The van der Waals surface area contributed by atoms with Crippen molar-refractivity contribution in [1.82, 2.24) is 29.5 Å². The third-order valence-corrected chi connectivity index (χ3v) is 8.42. The van der Waals surface area contributed by atoms with E-state index < -0.39 is 0 Å². The fraction of sp³-hybridized carbons (Fsp3) is 0.438. The number of rotatable bonds is 6. The molecule has 2 unspecified atom stereocenters. The summed E-state index contributed by atoms with van der Waals surface area (Å²) in [7, 11) is 0. The minimum Gasteiger partial charge on any atom is -0.462 e. The van der Waals surface area contributed by atoms with Gasteiger partial charge >= 0.3 is 11.9 Å². The van der Waals surface area contributed by atoms with E-state index in [1.807, 2.05) is 12.4 Å². The van der Waals surface area contributed by atoms with E-state index in [-0.39, 0.29) is 24.4 Å². The van der Waals surface area contributed by atoms with Crippen molar-refractivity contribution in [2.75, 3.05) is 26.4 Å². The van der Waals surface area contributed by atoms with E-state index in [0.717, 1.165) is 62.9 Å². The van der Waals surface area contributed by atoms with Crippen molar-refractivity contribution >= 4 is 34.6 Å². The zero-order valence-corrected chi connectivity index (χ0v) is 27.3. The number of esters is 2. The Labute approximate surface area is 275 Å². The predicted molar refractivity (Wildman–Crippen MR) is 170 cm³/mol. The number of nitrogens with zero attached hydrogens (tertiary/aromatic N) is 6. The van der Waals surface area contributed by atoms with Crippen LogP contribution in [0, 0.1) is 23.7 Å². The molecule has 0 radical (unpaired) electrons. The number of thiazole rings is 2. The Balaban J connectivity index is 0.000000181. The van der Waals surface area contributed by atoms with E-state index in [0.29, 0.717) is 34.4 Å². The molecule has 0 N–H and O–H groups in total. The van der Waals surface area contributed by atoms with Gasteiger partial charge in [-0.15, -0.1) is 22.7 Å². The zero-order valence-electron chi connectivity index (χ0n) is 25.6. The summed E-state index contributed by atoms with van der Waals surface area (Å²) in [6, 6.07) is 0. The quantitative estimate of drug-likeness (QED) is 0.200. The molecule has 0 aromatic carbocycles. The van der Waals surface area contributed by atoms with Gasteiger partial charge in [-0.25, -0.2) is 28.9 Å². The highest BCUT2D eigenvalue weighted by Crippen LogP contribution is 2.23. The summed E-state index contributed by atoms with van der Waals surface area (Å²) in [6.07, 6.45) is 13.5. The molecule has 6 rings (SSSR count). The molecule has 4 aromatic rings. The first-order valence-corrected chi connectivity index (χ1v) is 16.9. The van der Waals surface area contributed by atoms with Crippen molar-refractivity contribution in [2.45, 2.75) is 64.8 Å². The van der Waals surface area contributed by atoms with Crippen molar-refractivity contribution in [3.8, 4) is 23.7 Å². The van der Waals surface area contributed by atoms with Crippen LogP contribution in [0.4, 0.5) is 0 Å². The van der Waals surface area contributed by atoms with Gasteiger partial charge in [0.05, 0.1) is 47.8 Å². The van der Waals surface area contributed by atoms with Crippen LogP contribution in [-0.4, -0.2) is 67.9 Å². The van der Waals surface area contributed by atoms with Gasteiger partial charge in [-0.2, -0.15) is 10.2 Å². The maximum Gasteiger partial charge on any atom is 0.351 e. The van der Waals surface area contributed by atoms with E-state index in [1.165, 1.54) is 22.7 Å². The normalized spacial score (nSPS) is 17.3. The second kappa shape index (κ2) is 16.8. The molecule has 2 aliphatic heterocycles. The standard InChI is InChI=1S/2C16H17N3O3S/c2*1-2-21-16(20)15-13(17-11-23-15)7-6-12-9-18-19(10-12)14-5-3-4-8-22-14/h2*9-11,14H,2-5,8H2,1H3. The third kappa shape index (κ3) is 8.89. The van der Waals surface area contributed by atoms with Crippen molar-refractivity contribution in [3.63, 3.8) is 0 Å². The van der Waals surface area contributed by atoms with Crippen LogP contribution < -0.4 is 0 Å². The Morgan fingerprint density at radius 1 is 0.761 bits per heavy atom. The molecule has 0 bridgehead atoms. The Kier molecular flexibility index (Phi) is 12.1. The van der Waals surface area contributed by atoms with Crippen LogP contribution in [0.1, 0.15) is 107 Å². The monoisotopic (exact) mass is 662 g/mol. The van der Waals surface area contributed by atoms with Gasteiger partial charge in [0.25, 0.3) is 0 Å². The SMILES string of the molecule is CCOC(=O)c1scnc1C#Cc1cnn(C2CCCCO2)c1.CCOC(=O)c1scnc1C#Cc1cnn(C2CCCCO2)c1. The molecule has 2 saturated heterocycles. The molecule has 46 heavy (non-hydrogen) atoms. The molecule has 2 fully saturated rings. The topological polar surface area (TPSA) is 132 Å². The molecule has 0 spiro atoms. The number of carbonyl (C=O) groups is 2. The summed E-state index contributed by atoms with van der Waals surface area (Å²) >= 11 is 2.46. The van der Waals surface area contributed by atoms with E-state index >= 15 is 0 Å². The number of hydrogen-bond acceptors (Lipinski definition) is 12. The van der Waals surface area contributed by atoms with E-state index in [1.54, 1.807) is 46.6 Å². The van der Waals surface area contributed by atoms with Gasteiger partial charge in [-0.1, -0.05) is 11.8 Å². The number of aromatic nitrogens is 6. The van der Waals surface area contributed by atoms with Crippen LogP contribution in [-0.2, 0) is 18.9 Å². The van der Waals surface area contributed by atoms with Gasteiger partial charge in [-0.05, 0) is 64.2 Å². The maximum absolute atomic E-state index is 11.8. The lowest BCUT2D eigenvalue weighted by Gasteiger charge is -2.22. The highest BCUT2D eigenvalue weighted by molar-refractivity contribution is 7.12. The Hall–Kier alpha value is -4.34. The van der Waals surface area contributed by atoms with Crippen LogP contribution in [0.5, 0.6) is 0 Å². The van der Waals surface area contributed by atoms with E-state index in [2.05, 4.69) is 43.8 Å². The fourth-order valence-electron chi connectivity index (χ4n) is 4.60. The summed E-state index contributed by atoms with van der Waals surface area (Å²) in [4.78, 5) is 32.7. The minimum atomic E-state index is -0.384. The molecular formula is C32H34N6O6S2. The molecule has 12 nitrogen and oxygen atoms in total. The molecular weight excluding hydrogens is 629 g/mol. The second-order valence-corrected chi connectivity index (χ2v) is 11.8. The van der Waals surface area contributed by atoms with Gasteiger partial charge in [0, 0.05) is 25.6 Å². The summed E-state index contributed by atoms with van der Waals surface area (Å²) in [5, 5.41) is 8.61. The molecule has 0 saturated carbocycles. The lowest BCUT2D eigenvalue weighted by molar-refractivity contribution is -0.0395. The van der Waals surface area contributed by atoms with Crippen LogP contribution in [0.2, 0.25) is 0 Å². The smallest absolute Gasteiger partial charge is 0.351 e. The van der Waals surface area contributed by atoms with Crippen LogP contribution in [0.3, 0.4) is 0 Å².